The maximum absolute atomic E-state index is 10.8. The van der Waals surface area contributed by atoms with Gasteiger partial charge in [-0.25, -0.2) is 0 Å². The molecule has 0 saturated heterocycles. The number of anilines is 1. The quantitative estimate of drug-likeness (QED) is 0.688. The molecule has 1 aromatic rings. The van der Waals surface area contributed by atoms with Crippen LogP contribution in [0.3, 0.4) is 0 Å². The highest BCUT2D eigenvalue weighted by atomic mass is 16.1. The lowest BCUT2D eigenvalue weighted by Crippen LogP contribution is -2.15. The van der Waals surface area contributed by atoms with E-state index < -0.39 is 0 Å². The second-order valence-electron chi connectivity index (χ2n) is 3.49. The highest BCUT2D eigenvalue weighted by Gasteiger charge is 2.04. The Bertz CT molecular complexity index is 321. The largest absolute Gasteiger partial charge is 0.330 e. The average Bonchev–Trinajstić information content (AvgIpc) is 2.18. The average molecular weight is 207 g/mol. The van der Waals surface area contributed by atoms with E-state index in [-0.39, 0.29) is 11.9 Å². The number of benzene rings is 1. The van der Waals surface area contributed by atoms with Gasteiger partial charge >= 0.3 is 0 Å². The number of carbonyl (C=O) groups excluding carboxylic acids is 1. The molecule has 0 aliphatic rings. The van der Waals surface area contributed by atoms with Gasteiger partial charge in [-0.2, -0.15) is 0 Å². The van der Waals surface area contributed by atoms with Crippen molar-refractivity contribution in [1.82, 2.24) is 0 Å². The van der Waals surface area contributed by atoms with E-state index in [9.17, 15) is 4.79 Å². The fourth-order valence-electron chi connectivity index (χ4n) is 1.36. The molecule has 1 aromatic carbocycles. The molecule has 0 spiro atoms. The number of nitrogens with one attached hydrogen (secondary N) is 1. The number of carbonyl (C=O) groups is 1. The summed E-state index contributed by atoms with van der Waals surface area (Å²) < 4.78 is 0. The zero-order valence-electron chi connectivity index (χ0n) is 8.86. The SMILES string of the molecule is CC(=O)Nc1ccc([C@@H](N)CCN)cc1. The first-order valence-electron chi connectivity index (χ1n) is 4.96. The molecule has 0 aromatic heterocycles. The van der Waals surface area contributed by atoms with Gasteiger partial charge in [0.25, 0.3) is 0 Å². The Balaban J connectivity index is 2.67. The Kier molecular flexibility index (Phi) is 4.27. The molecule has 0 aliphatic heterocycles. The van der Waals surface area contributed by atoms with Crippen molar-refractivity contribution >= 4 is 11.6 Å². The molecule has 0 radical (unpaired) electrons. The van der Waals surface area contributed by atoms with E-state index in [4.69, 9.17) is 11.5 Å². The van der Waals surface area contributed by atoms with Gasteiger partial charge in [0.15, 0.2) is 0 Å². The summed E-state index contributed by atoms with van der Waals surface area (Å²) in [7, 11) is 0. The topological polar surface area (TPSA) is 81.1 Å². The van der Waals surface area contributed by atoms with Gasteiger partial charge in [-0.3, -0.25) is 4.79 Å². The van der Waals surface area contributed by atoms with Gasteiger partial charge in [0.2, 0.25) is 5.91 Å². The minimum atomic E-state index is -0.0750. The summed E-state index contributed by atoms with van der Waals surface area (Å²) >= 11 is 0. The molecule has 0 saturated carbocycles. The van der Waals surface area contributed by atoms with Crippen LogP contribution in [0.5, 0.6) is 0 Å². The third kappa shape index (κ3) is 3.69. The Morgan fingerprint density at radius 3 is 2.47 bits per heavy atom. The van der Waals surface area contributed by atoms with Crippen LogP contribution in [0, 0.1) is 0 Å². The monoisotopic (exact) mass is 207 g/mol. The van der Waals surface area contributed by atoms with Crippen molar-refractivity contribution in [3.8, 4) is 0 Å². The molecule has 0 fully saturated rings. The lowest BCUT2D eigenvalue weighted by molar-refractivity contribution is -0.114. The van der Waals surface area contributed by atoms with Crippen LogP contribution < -0.4 is 16.8 Å². The van der Waals surface area contributed by atoms with Crippen LogP contribution in [0.4, 0.5) is 5.69 Å². The van der Waals surface area contributed by atoms with E-state index in [1.54, 1.807) is 0 Å². The maximum Gasteiger partial charge on any atom is 0.221 e. The standard InChI is InChI=1S/C11H17N3O/c1-8(15)14-10-4-2-9(3-5-10)11(13)6-7-12/h2-5,11H,6-7,12-13H2,1H3,(H,14,15)/t11-/m0/s1. The Labute approximate surface area is 89.6 Å². The Morgan fingerprint density at radius 2 is 2.00 bits per heavy atom. The number of rotatable bonds is 4. The summed E-state index contributed by atoms with van der Waals surface area (Å²) in [6.07, 6.45) is 0.763. The fraction of sp³-hybridized carbons (Fsp3) is 0.364. The van der Waals surface area contributed by atoms with Crippen molar-refractivity contribution in [2.45, 2.75) is 19.4 Å². The molecule has 0 bridgehead atoms. The minimum Gasteiger partial charge on any atom is -0.330 e. The number of hydrogen-bond donors (Lipinski definition) is 3. The smallest absolute Gasteiger partial charge is 0.221 e. The highest BCUT2D eigenvalue weighted by Crippen LogP contribution is 2.16. The lowest BCUT2D eigenvalue weighted by atomic mass is 10.0. The van der Waals surface area contributed by atoms with Crippen LogP contribution in [0.25, 0.3) is 0 Å². The van der Waals surface area contributed by atoms with E-state index in [0.717, 1.165) is 17.7 Å². The first kappa shape index (κ1) is 11.7. The lowest BCUT2D eigenvalue weighted by Gasteiger charge is -2.11. The summed E-state index contributed by atoms with van der Waals surface area (Å²) in [5.41, 5.74) is 13.1. The molecule has 1 amide bonds. The molecule has 5 N–H and O–H groups in total. The fourth-order valence-corrected chi connectivity index (χ4v) is 1.36. The first-order valence-corrected chi connectivity index (χ1v) is 4.96. The van der Waals surface area contributed by atoms with Gasteiger partial charge in [-0.05, 0) is 30.7 Å². The van der Waals surface area contributed by atoms with E-state index in [1.165, 1.54) is 6.92 Å². The third-order valence-electron chi connectivity index (χ3n) is 2.14. The normalized spacial score (nSPS) is 12.2. The van der Waals surface area contributed by atoms with Crippen LogP contribution in [0.15, 0.2) is 24.3 Å². The van der Waals surface area contributed by atoms with E-state index >= 15 is 0 Å². The first-order chi connectivity index (χ1) is 7.13. The molecular weight excluding hydrogens is 190 g/mol. The minimum absolute atomic E-state index is 0.0265. The predicted octanol–water partition coefficient (Wildman–Crippen LogP) is 0.994. The molecule has 4 nitrogen and oxygen atoms in total. The number of nitrogens with two attached hydrogens (primary N) is 2. The molecule has 0 aliphatic carbocycles. The molecular formula is C11H17N3O. The van der Waals surface area contributed by atoms with Gasteiger partial charge < -0.3 is 16.8 Å². The zero-order chi connectivity index (χ0) is 11.3. The van der Waals surface area contributed by atoms with Gasteiger partial charge in [-0.1, -0.05) is 12.1 Å². The highest BCUT2D eigenvalue weighted by molar-refractivity contribution is 5.88. The second kappa shape index (κ2) is 5.48. The summed E-state index contributed by atoms with van der Waals surface area (Å²) in [4.78, 5) is 10.8. The van der Waals surface area contributed by atoms with E-state index in [2.05, 4.69) is 5.32 Å². The second-order valence-corrected chi connectivity index (χ2v) is 3.49. The summed E-state index contributed by atoms with van der Waals surface area (Å²) in [6, 6.07) is 7.47. The molecule has 4 heteroatoms. The van der Waals surface area contributed by atoms with Crippen LogP contribution in [0.1, 0.15) is 24.9 Å². The van der Waals surface area contributed by atoms with Crippen LogP contribution in [-0.4, -0.2) is 12.5 Å². The zero-order valence-corrected chi connectivity index (χ0v) is 8.86. The van der Waals surface area contributed by atoms with Crippen molar-refractivity contribution in [3.63, 3.8) is 0 Å². The maximum atomic E-state index is 10.8. The predicted molar refractivity (Wildman–Crippen MR) is 61.3 cm³/mol. The molecule has 1 atom stereocenters. The van der Waals surface area contributed by atoms with Gasteiger partial charge in [0.05, 0.1) is 0 Å². The van der Waals surface area contributed by atoms with Crippen molar-refractivity contribution in [3.05, 3.63) is 29.8 Å². The Hall–Kier alpha value is -1.39. The van der Waals surface area contributed by atoms with Gasteiger partial charge in [-0.15, -0.1) is 0 Å². The van der Waals surface area contributed by atoms with Crippen LogP contribution in [-0.2, 0) is 4.79 Å². The third-order valence-corrected chi connectivity index (χ3v) is 2.14. The molecule has 0 unspecified atom stereocenters. The van der Waals surface area contributed by atoms with E-state index in [1.807, 2.05) is 24.3 Å². The molecule has 15 heavy (non-hydrogen) atoms. The number of hydrogen-bond acceptors (Lipinski definition) is 3. The van der Waals surface area contributed by atoms with Crippen molar-refractivity contribution in [1.29, 1.82) is 0 Å². The van der Waals surface area contributed by atoms with Crippen LogP contribution >= 0.6 is 0 Å². The molecule has 82 valence electrons. The summed E-state index contributed by atoms with van der Waals surface area (Å²) in [5.74, 6) is -0.0750. The van der Waals surface area contributed by atoms with Gasteiger partial charge in [0.1, 0.15) is 0 Å². The summed E-state index contributed by atoms with van der Waals surface area (Å²) in [6.45, 7) is 2.06. The molecule has 0 heterocycles. The van der Waals surface area contributed by atoms with Crippen molar-refractivity contribution in [2.75, 3.05) is 11.9 Å². The van der Waals surface area contributed by atoms with E-state index in [0.29, 0.717) is 6.54 Å². The van der Waals surface area contributed by atoms with Gasteiger partial charge in [0, 0.05) is 18.7 Å². The molecule has 1 rings (SSSR count). The summed E-state index contributed by atoms with van der Waals surface area (Å²) in [5, 5.41) is 2.70. The van der Waals surface area contributed by atoms with Crippen molar-refractivity contribution in [2.24, 2.45) is 11.5 Å². The number of amides is 1. The van der Waals surface area contributed by atoms with Crippen LogP contribution in [0.2, 0.25) is 0 Å². The Morgan fingerprint density at radius 1 is 1.40 bits per heavy atom. The van der Waals surface area contributed by atoms with Crippen molar-refractivity contribution < 1.29 is 4.79 Å².